The number of nitrogens with zero attached hydrogens (tertiary/aromatic N) is 2. The molecule has 35 heavy (non-hydrogen) atoms. The molecule has 2 heterocycles. The summed E-state index contributed by atoms with van der Waals surface area (Å²) in [4.78, 5) is 29.9. The summed E-state index contributed by atoms with van der Waals surface area (Å²) in [6.07, 6.45) is 3.30. The van der Waals surface area contributed by atoms with E-state index in [1.807, 2.05) is 50.2 Å². The summed E-state index contributed by atoms with van der Waals surface area (Å²) in [6, 6.07) is 22.0. The van der Waals surface area contributed by atoms with E-state index in [9.17, 15) is 9.59 Å². The summed E-state index contributed by atoms with van der Waals surface area (Å²) in [5, 5.41) is 2.82. The van der Waals surface area contributed by atoms with Crippen LogP contribution in [0.15, 0.2) is 90.0 Å². The SMILES string of the molecule is CCOc1ccc(Oc2cc(CNC(=O)c3cccn(Cc4cccc(C)c4)c3=O)ccn2)cc1. The first-order valence-electron chi connectivity index (χ1n) is 11.4. The highest BCUT2D eigenvalue weighted by Gasteiger charge is 2.13. The third-order valence-electron chi connectivity index (χ3n) is 5.31. The highest BCUT2D eigenvalue weighted by molar-refractivity contribution is 5.93. The number of hydrogen-bond acceptors (Lipinski definition) is 5. The fourth-order valence-corrected chi connectivity index (χ4v) is 3.63. The number of aromatic nitrogens is 2. The second-order valence-electron chi connectivity index (χ2n) is 8.04. The van der Waals surface area contributed by atoms with Crippen LogP contribution in [0.2, 0.25) is 0 Å². The van der Waals surface area contributed by atoms with Gasteiger partial charge in [0, 0.05) is 25.0 Å². The zero-order chi connectivity index (χ0) is 24.6. The Labute approximate surface area is 204 Å². The molecule has 0 aliphatic rings. The predicted molar refractivity (Wildman–Crippen MR) is 134 cm³/mol. The lowest BCUT2D eigenvalue weighted by Gasteiger charge is -2.10. The van der Waals surface area contributed by atoms with Crippen LogP contribution >= 0.6 is 0 Å². The second-order valence-corrected chi connectivity index (χ2v) is 8.04. The minimum atomic E-state index is -0.431. The molecule has 0 spiro atoms. The van der Waals surface area contributed by atoms with Crippen molar-refractivity contribution in [1.29, 1.82) is 0 Å². The first kappa shape index (κ1) is 23.8. The maximum Gasteiger partial charge on any atom is 0.263 e. The van der Waals surface area contributed by atoms with Gasteiger partial charge in [0.2, 0.25) is 5.88 Å². The number of carbonyl (C=O) groups excluding carboxylic acids is 1. The van der Waals surface area contributed by atoms with Crippen LogP contribution < -0.4 is 20.3 Å². The quantitative estimate of drug-likeness (QED) is 0.384. The summed E-state index contributed by atoms with van der Waals surface area (Å²) in [5.41, 5.74) is 2.68. The van der Waals surface area contributed by atoms with Gasteiger partial charge in [0.1, 0.15) is 17.1 Å². The summed E-state index contributed by atoms with van der Waals surface area (Å²) in [5.74, 6) is 1.37. The van der Waals surface area contributed by atoms with Crippen LogP contribution in [0.3, 0.4) is 0 Å². The van der Waals surface area contributed by atoms with Crippen LogP contribution in [-0.4, -0.2) is 22.1 Å². The van der Waals surface area contributed by atoms with E-state index in [2.05, 4.69) is 10.3 Å². The van der Waals surface area contributed by atoms with Crippen LogP contribution in [0.1, 0.15) is 34.0 Å². The van der Waals surface area contributed by atoms with Crippen molar-refractivity contribution in [3.63, 3.8) is 0 Å². The normalized spacial score (nSPS) is 10.6. The maximum absolute atomic E-state index is 12.9. The number of nitrogens with one attached hydrogen (secondary N) is 1. The van der Waals surface area contributed by atoms with Crippen LogP contribution in [0.5, 0.6) is 17.4 Å². The molecule has 1 N–H and O–H groups in total. The Morgan fingerprint density at radius 2 is 1.77 bits per heavy atom. The van der Waals surface area contributed by atoms with Crippen molar-refractivity contribution in [3.8, 4) is 17.4 Å². The molecule has 0 aliphatic heterocycles. The Morgan fingerprint density at radius 3 is 2.54 bits per heavy atom. The van der Waals surface area contributed by atoms with E-state index in [0.717, 1.165) is 22.4 Å². The predicted octanol–water partition coefficient (Wildman–Crippen LogP) is 4.72. The fourth-order valence-electron chi connectivity index (χ4n) is 3.63. The molecule has 4 aromatic rings. The van der Waals surface area contributed by atoms with Gasteiger partial charge in [-0.2, -0.15) is 0 Å². The number of carbonyl (C=O) groups is 1. The van der Waals surface area contributed by atoms with Gasteiger partial charge >= 0.3 is 0 Å². The second kappa shape index (κ2) is 11.2. The van der Waals surface area contributed by atoms with Gasteiger partial charge in [0.05, 0.1) is 13.2 Å². The molecular formula is C28H27N3O4. The van der Waals surface area contributed by atoms with Gasteiger partial charge < -0.3 is 19.4 Å². The lowest BCUT2D eigenvalue weighted by Crippen LogP contribution is -2.32. The monoisotopic (exact) mass is 469 g/mol. The van der Waals surface area contributed by atoms with Crippen molar-refractivity contribution in [2.75, 3.05) is 6.61 Å². The van der Waals surface area contributed by atoms with E-state index >= 15 is 0 Å². The van der Waals surface area contributed by atoms with Gasteiger partial charge in [-0.15, -0.1) is 0 Å². The van der Waals surface area contributed by atoms with Crippen LogP contribution in [-0.2, 0) is 13.1 Å². The van der Waals surface area contributed by atoms with Crippen molar-refractivity contribution in [3.05, 3.63) is 118 Å². The van der Waals surface area contributed by atoms with Crippen molar-refractivity contribution >= 4 is 5.91 Å². The molecule has 0 aliphatic carbocycles. The van der Waals surface area contributed by atoms with Crippen molar-refractivity contribution in [2.24, 2.45) is 0 Å². The Kier molecular flexibility index (Phi) is 7.57. The third-order valence-corrected chi connectivity index (χ3v) is 5.31. The van der Waals surface area contributed by atoms with Gasteiger partial charge in [-0.05, 0) is 67.4 Å². The Morgan fingerprint density at radius 1 is 0.971 bits per heavy atom. The van der Waals surface area contributed by atoms with Gasteiger partial charge in [-0.25, -0.2) is 4.98 Å². The highest BCUT2D eigenvalue weighted by atomic mass is 16.5. The van der Waals surface area contributed by atoms with Crippen LogP contribution in [0.25, 0.3) is 0 Å². The zero-order valence-corrected chi connectivity index (χ0v) is 19.7. The van der Waals surface area contributed by atoms with E-state index in [4.69, 9.17) is 9.47 Å². The molecule has 0 unspecified atom stereocenters. The molecule has 7 heteroatoms. The summed E-state index contributed by atoms with van der Waals surface area (Å²) >= 11 is 0. The average molecular weight is 470 g/mol. The third kappa shape index (κ3) is 6.35. The molecule has 0 bridgehead atoms. The number of amides is 1. The summed E-state index contributed by atoms with van der Waals surface area (Å²) < 4.78 is 12.8. The van der Waals surface area contributed by atoms with Crippen LogP contribution in [0.4, 0.5) is 0 Å². The molecule has 0 radical (unpaired) electrons. The van der Waals surface area contributed by atoms with Crippen molar-refractivity contribution in [2.45, 2.75) is 26.9 Å². The molecular weight excluding hydrogens is 442 g/mol. The molecule has 4 rings (SSSR count). The standard InChI is InChI=1S/C28H27N3O4/c1-3-34-23-9-11-24(12-10-23)35-26-17-21(13-14-29-26)18-30-27(32)25-8-5-15-31(28(25)33)19-22-7-4-6-20(2)16-22/h4-17H,3,18-19H2,1-2H3,(H,30,32). The number of pyridine rings is 2. The Balaban J connectivity index is 1.40. The molecule has 0 saturated carbocycles. The minimum Gasteiger partial charge on any atom is -0.494 e. The van der Waals surface area contributed by atoms with E-state index in [1.54, 1.807) is 47.3 Å². The molecule has 1 amide bonds. The largest absolute Gasteiger partial charge is 0.494 e. The topological polar surface area (TPSA) is 82.5 Å². The maximum atomic E-state index is 12.9. The molecule has 178 valence electrons. The smallest absolute Gasteiger partial charge is 0.263 e. The van der Waals surface area contributed by atoms with E-state index in [0.29, 0.717) is 24.8 Å². The summed E-state index contributed by atoms with van der Waals surface area (Å²) in [7, 11) is 0. The highest BCUT2D eigenvalue weighted by Crippen LogP contribution is 2.23. The van der Waals surface area contributed by atoms with E-state index < -0.39 is 5.91 Å². The Hall–Kier alpha value is -4.39. The zero-order valence-electron chi connectivity index (χ0n) is 19.7. The fraction of sp³-hybridized carbons (Fsp3) is 0.179. The first-order valence-corrected chi connectivity index (χ1v) is 11.4. The van der Waals surface area contributed by atoms with E-state index in [1.165, 1.54) is 6.07 Å². The lowest BCUT2D eigenvalue weighted by atomic mass is 10.1. The average Bonchev–Trinajstić information content (AvgIpc) is 2.85. The minimum absolute atomic E-state index is 0.0973. The number of ether oxygens (including phenoxy) is 2. The van der Waals surface area contributed by atoms with Crippen molar-refractivity contribution in [1.82, 2.24) is 14.9 Å². The summed E-state index contributed by atoms with van der Waals surface area (Å²) in [6.45, 7) is 5.16. The number of rotatable bonds is 9. The lowest BCUT2D eigenvalue weighted by molar-refractivity contribution is 0.0948. The van der Waals surface area contributed by atoms with Crippen LogP contribution in [0, 0.1) is 6.92 Å². The molecule has 7 nitrogen and oxygen atoms in total. The van der Waals surface area contributed by atoms with Gasteiger partial charge in [0.15, 0.2) is 0 Å². The number of benzene rings is 2. The molecule has 0 saturated heterocycles. The number of aryl methyl sites for hydroxylation is 1. The molecule has 2 aromatic heterocycles. The molecule has 0 atom stereocenters. The van der Waals surface area contributed by atoms with Gasteiger partial charge in [0.25, 0.3) is 11.5 Å². The van der Waals surface area contributed by atoms with Gasteiger partial charge in [-0.3, -0.25) is 9.59 Å². The van der Waals surface area contributed by atoms with E-state index in [-0.39, 0.29) is 17.7 Å². The molecule has 0 fully saturated rings. The number of hydrogen-bond donors (Lipinski definition) is 1. The van der Waals surface area contributed by atoms with Crippen molar-refractivity contribution < 1.29 is 14.3 Å². The molecule has 2 aromatic carbocycles. The Bertz CT molecular complexity index is 1360. The van der Waals surface area contributed by atoms with Gasteiger partial charge in [-0.1, -0.05) is 29.8 Å². The first-order chi connectivity index (χ1) is 17.0.